The van der Waals surface area contributed by atoms with E-state index in [1.807, 2.05) is 0 Å². The Labute approximate surface area is 144 Å². The largest absolute Gasteiger partial charge is 0.497 e. The summed E-state index contributed by atoms with van der Waals surface area (Å²) < 4.78 is 50.1. The molecule has 3 rings (SSSR count). The highest BCUT2D eigenvalue weighted by molar-refractivity contribution is 5.60. The average Bonchev–Trinajstić information content (AvgIpc) is 3.28. The second-order valence-corrected chi connectivity index (χ2v) is 4.87. The molecule has 0 bridgehead atoms. The molecule has 3 aromatic rings. The summed E-state index contributed by atoms with van der Waals surface area (Å²) in [5.41, 5.74) is -0.720. The molecule has 8 nitrogen and oxygen atoms in total. The second kappa shape index (κ2) is 6.67. The number of hydrogen-bond donors (Lipinski definition) is 0. The third-order valence-electron chi connectivity index (χ3n) is 3.14. The van der Waals surface area contributed by atoms with Crippen LogP contribution in [0, 0.1) is 11.3 Å². The molecule has 0 fully saturated rings. The molecule has 0 aliphatic heterocycles. The van der Waals surface area contributed by atoms with Gasteiger partial charge in [0.25, 0.3) is 0 Å². The molecule has 0 aliphatic carbocycles. The maximum absolute atomic E-state index is 13.0. The quantitative estimate of drug-likeness (QED) is 0.703. The smallest absolute Gasteiger partial charge is 0.416 e. The molecule has 2 aromatic heterocycles. The van der Waals surface area contributed by atoms with E-state index in [4.69, 9.17) is 14.4 Å². The maximum Gasteiger partial charge on any atom is 0.416 e. The van der Waals surface area contributed by atoms with Gasteiger partial charge in [-0.05, 0) is 18.2 Å². The van der Waals surface area contributed by atoms with Gasteiger partial charge in [-0.15, -0.1) is 10.2 Å². The van der Waals surface area contributed by atoms with Crippen molar-refractivity contribution < 1.29 is 22.3 Å². The highest BCUT2D eigenvalue weighted by atomic mass is 19.4. The molecule has 132 valence electrons. The number of rotatable bonds is 4. The van der Waals surface area contributed by atoms with Gasteiger partial charge >= 0.3 is 12.1 Å². The van der Waals surface area contributed by atoms with Gasteiger partial charge in [-0.25, -0.2) is 9.67 Å². The lowest BCUT2D eigenvalue weighted by atomic mass is 10.1. The maximum atomic E-state index is 13.0. The van der Waals surface area contributed by atoms with Gasteiger partial charge in [0.2, 0.25) is 5.89 Å². The number of nitriles is 1. The molecule has 0 unspecified atom stereocenters. The molecule has 0 N–H and O–H groups in total. The molecule has 0 aliphatic rings. The second-order valence-electron chi connectivity index (χ2n) is 4.87. The van der Waals surface area contributed by atoms with Crippen molar-refractivity contribution in [3.05, 3.63) is 41.9 Å². The van der Waals surface area contributed by atoms with Gasteiger partial charge in [-0.2, -0.15) is 18.4 Å². The fourth-order valence-corrected chi connectivity index (χ4v) is 1.98. The summed E-state index contributed by atoms with van der Waals surface area (Å²) in [6.45, 7) is 0. The third kappa shape index (κ3) is 3.69. The van der Waals surface area contributed by atoms with Crippen LogP contribution in [0.3, 0.4) is 0 Å². The van der Waals surface area contributed by atoms with Crippen LogP contribution in [-0.4, -0.2) is 32.1 Å². The number of nitrogens with zero attached hydrogens (tertiary/aromatic N) is 6. The van der Waals surface area contributed by atoms with Crippen molar-refractivity contribution in [1.82, 2.24) is 25.0 Å². The van der Waals surface area contributed by atoms with Gasteiger partial charge in [-0.3, -0.25) is 0 Å². The topological polar surface area (TPSA) is 103 Å². The SMILES string of the molecule is COc1cc(-c2ncn(/C=C\c3nnc(C#N)o3)n2)cc(C(F)(F)F)c1. The number of ether oxygens (including phenoxy) is 1. The first-order valence-electron chi connectivity index (χ1n) is 6.98. The van der Waals surface area contributed by atoms with Gasteiger partial charge in [0.1, 0.15) is 12.1 Å². The van der Waals surface area contributed by atoms with Crippen LogP contribution in [0.4, 0.5) is 13.2 Å². The van der Waals surface area contributed by atoms with E-state index in [1.54, 1.807) is 6.07 Å². The number of halogens is 3. The van der Waals surface area contributed by atoms with E-state index in [9.17, 15) is 13.2 Å². The van der Waals surface area contributed by atoms with Crippen molar-refractivity contribution in [2.45, 2.75) is 6.18 Å². The lowest BCUT2D eigenvalue weighted by molar-refractivity contribution is -0.137. The van der Waals surface area contributed by atoms with Crippen LogP contribution in [0.25, 0.3) is 23.7 Å². The van der Waals surface area contributed by atoms with E-state index in [0.29, 0.717) is 0 Å². The van der Waals surface area contributed by atoms with Crippen LogP contribution in [0.5, 0.6) is 5.75 Å². The van der Waals surface area contributed by atoms with Gasteiger partial charge in [0.05, 0.1) is 12.7 Å². The molecule has 0 spiro atoms. The Morgan fingerprint density at radius 1 is 1.27 bits per heavy atom. The summed E-state index contributed by atoms with van der Waals surface area (Å²) >= 11 is 0. The highest BCUT2D eigenvalue weighted by Crippen LogP contribution is 2.34. The molecule has 0 radical (unpaired) electrons. The zero-order valence-corrected chi connectivity index (χ0v) is 13.1. The van der Waals surface area contributed by atoms with Crippen LogP contribution in [0.2, 0.25) is 0 Å². The van der Waals surface area contributed by atoms with Crippen molar-refractivity contribution in [1.29, 1.82) is 5.26 Å². The molecule has 26 heavy (non-hydrogen) atoms. The molecule has 11 heteroatoms. The van der Waals surface area contributed by atoms with Crippen LogP contribution < -0.4 is 4.74 Å². The fraction of sp³-hybridized carbons (Fsp3) is 0.133. The Kier molecular flexibility index (Phi) is 4.40. The minimum absolute atomic E-state index is 0.0385. The van der Waals surface area contributed by atoms with Crippen molar-refractivity contribution in [2.24, 2.45) is 0 Å². The first-order valence-corrected chi connectivity index (χ1v) is 6.98. The molecular weight excluding hydrogens is 353 g/mol. The molecular formula is C15H9F3N6O2. The number of benzene rings is 1. The van der Waals surface area contributed by atoms with Crippen LogP contribution >= 0.6 is 0 Å². The van der Waals surface area contributed by atoms with E-state index in [2.05, 4.69) is 20.3 Å². The highest BCUT2D eigenvalue weighted by Gasteiger charge is 2.31. The summed E-state index contributed by atoms with van der Waals surface area (Å²) in [5, 5.41) is 19.7. The molecule has 0 amide bonds. The molecule has 1 aromatic carbocycles. The predicted octanol–water partition coefficient (Wildman–Crippen LogP) is 2.86. The van der Waals surface area contributed by atoms with Gasteiger partial charge in [-0.1, -0.05) is 5.10 Å². The monoisotopic (exact) mass is 362 g/mol. The molecule has 2 heterocycles. The zero-order chi connectivity index (χ0) is 18.7. The van der Waals surface area contributed by atoms with Gasteiger partial charge in [0.15, 0.2) is 11.9 Å². The minimum Gasteiger partial charge on any atom is -0.497 e. The lowest BCUT2D eigenvalue weighted by Gasteiger charge is -2.10. The lowest BCUT2D eigenvalue weighted by Crippen LogP contribution is -2.05. The summed E-state index contributed by atoms with van der Waals surface area (Å²) in [4.78, 5) is 3.98. The Morgan fingerprint density at radius 3 is 2.73 bits per heavy atom. The molecule has 0 saturated heterocycles. The normalized spacial score (nSPS) is 11.7. The van der Waals surface area contributed by atoms with Crippen molar-refractivity contribution in [2.75, 3.05) is 7.11 Å². The van der Waals surface area contributed by atoms with Crippen molar-refractivity contribution in [3.8, 4) is 23.2 Å². The van der Waals surface area contributed by atoms with Crippen LogP contribution in [0.1, 0.15) is 17.3 Å². The molecule has 0 atom stereocenters. The number of hydrogen-bond acceptors (Lipinski definition) is 7. The number of aromatic nitrogens is 5. The predicted molar refractivity (Wildman–Crippen MR) is 81.2 cm³/mol. The Balaban J connectivity index is 1.88. The summed E-state index contributed by atoms with van der Waals surface area (Å²) in [7, 11) is 1.27. The van der Waals surface area contributed by atoms with Gasteiger partial charge in [0, 0.05) is 17.8 Å². The van der Waals surface area contributed by atoms with E-state index in [1.165, 1.54) is 36.5 Å². The zero-order valence-electron chi connectivity index (χ0n) is 13.1. The first-order chi connectivity index (χ1) is 12.4. The fourth-order valence-electron chi connectivity index (χ4n) is 1.98. The van der Waals surface area contributed by atoms with Crippen LogP contribution in [-0.2, 0) is 6.18 Å². The van der Waals surface area contributed by atoms with E-state index in [0.717, 1.165) is 12.1 Å². The number of methoxy groups -OCH3 is 1. The van der Waals surface area contributed by atoms with Crippen molar-refractivity contribution >= 4 is 12.3 Å². The Bertz CT molecular complexity index is 999. The first kappa shape index (κ1) is 17.2. The van der Waals surface area contributed by atoms with E-state index in [-0.39, 0.29) is 28.9 Å². The Morgan fingerprint density at radius 2 is 2.08 bits per heavy atom. The average molecular weight is 362 g/mol. The summed E-state index contributed by atoms with van der Waals surface area (Å²) in [5.74, 6) is -0.0155. The third-order valence-corrected chi connectivity index (χ3v) is 3.14. The summed E-state index contributed by atoms with van der Waals surface area (Å²) in [6, 6.07) is 4.91. The van der Waals surface area contributed by atoms with E-state index >= 15 is 0 Å². The van der Waals surface area contributed by atoms with E-state index < -0.39 is 11.7 Å². The standard InChI is InChI=1S/C15H9F3N6O2/c1-25-11-5-9(4-10(6-11)15(16,17)18)14-20-8-24(23-14)3-2-12-21-22-13(7-19)26-12/h2-6,8H,1H3/b3-2-. The van der Waals surface area contributed by atoms with Crippen molar-refractivity contribution in [3.63, 3.8) is 0 Å². The van der Waals surface area contributed by atoms with Gasteiger partial charge < -0.3 is 9.15 Å². The van der Waals surface area contributed by atoms with Crippen LogP contribution in [0.15, 0.2) is 28.9 Å². The summed E-state index contributed by atoms with van der Waals surface area (Å²) in [6.07, 6.45) is -0.461. The molecule has 0 saturated carbocycles. The minimum atomic E-state index is -4.53. The Hall–Kier alpha value is -3.68. The number of alkyl halides is 3.